The molecule has 174 valence electrons. The summed E-state index contributed by atoms with van der Waals surface area (Å²) in [6.07, 6.45) is 5.61. The summed E-state index contributed by atoms with van der Waals surface area (Å²) in [5, 5.41) is 8.13. The van der Waals surface area contributed by atoms with Gasteiger partial charge in [-0.3, -0.25) is 14.8 Å². The Balaban J connectivity index is 1.24. The van der Waals surface area contributed by atoms with Gasteiger partial charge in [-0.15, -0.1) is 0 Å². The number of hydrogen-bond donors (Lipinski definition) is 2. The van der Waals surface area contributed by atoms with E-state index in [-0.39, 0.29) is 17.4 Å². The number of benzene rings is 1. The van der Waals surface area contributed by atoms with Gasteiger partial charge in [0.25, 0.3) is 5.91 Å². The minimum atomic E-state index is -0.114. The van der Waals surface area contributed by atoms with Gasteiger partial charge in [0.2, 0.25) is 0 Å². The predicted molar refractivity (Wildman–Crippen MR) is 137 cm³/mol. The molecule has 1 saturated carbocycles. The molecule has 0 bridgehead atoms. The molecule has 3 aromatic heterocycles. The van der Waals surface area contributed by atoms with E-state index in [2.05, 4.69) is 65.6 Å². The number of anilines is 1. The summed E-state index contributed by atoms with van der Waals surface area (Å²) in [6.45, 7) is 6.59. The first kappa shape index (κ1) is 22.3. The summed E-state index contributed by atoms with van der Waals surface area (Å²) >= 11 is 0. The molecule has 0 aliphatic heterocycles. The topological polar surface area (TPSA) is 79.8 Å². The molecule has 1 aromatic carbocycles. The fourth-order valence-corrected chi connectivity index (χ4v) is 4.62. The Hall–Kier alpha value is -3.54. The van der Waals surface area contributed by atoms with Crippen molar-refractivity contribution in [3.8, 4) is 0 Å². The first-order chi connectivity index (χ1) is 16.4. The standard InChI is InChI=1S/C28H31N5O/c1-28(2,3)26-17-25(20-7-4-5-8-21(20)33-26)30-18-10-12-19(13-11-18)31-27(34)24-15-14-22-23(32-24)9-6-16-29-22/h4-9,14-19H,10-13H2,1-3H3,(H,30,33)(H,31,34). The van der Waals surface area contributed by atoms with Gasteiger partial charge in [0.05, 0.1) is 16.6 Å². The maximum atomic E-state index is 12.8. The van der Waals surface area contributed by atoms with E-state index in [4.69, 9.17) is 4.98 Å². The van der Waals surface area contributed by atoms with E-state index in [1.165, 1.54) is 0 Å². The molecule has 5 rings (SSSR count). The Morgan fingerprint density at radius 1 is 0.853 bits per heavy atom. The second-order valence-corrected chi connectivity index (χ2v) is 10.2. The Labute approximate surface area is 200 Å². The molecule has 0 unspecified atom stereocenters. The average molecular weight is 454 g/mol. The minimum absolute atomic E-state index is 0.0186. The van der Waals surface area contributed by atoms with Crippen molar-refractivity contribution in [3.63, 3.8) is 0 Å². The minimum Gasteiger partial charge on any atom is -0.382 e. The molecule has 4 aromatic rings. The van der Waals surface area contributed by atoms with Gasteiger partial charge >= 0.3 is 0 Å². The van der Waals surface area contributed by atoms with Crippen LogP contribution >= 0.6 is 0 Å². The third-order valence-corrected chi connectivity index (χ3v) is 6.60. The van der Waals surface area contributed by atoms with Gasteiger partial charge in [-0.1, -0.05) is 39.0 Å². The van der Waals surface area contributed by atoms with E-state index in [1.54, 1.807) is 12.3 Å². The lowest BCUT2D eigenvalue weighted by atomic mass is 9.89. The first-order valence-electron chi connectivity index (χ1n) is 12.1. The zero-order valence-electron chi connectivity index (χ0n) is 20.0. The van der Waals surface area contributed by atoms with Crippen molar-refractivity contribution in [2.24, 2.45) is 0 Å². The van der Waals surface area contributed by atoms with E-state index < -0.39 is 0 Å². The summed E-state index contributed by atoms with van der Waals surface area (Å²) in [7, 11) is 0. The van der Waals surface area contributed by atoms with Gasteiger partial charge in [-0.25, -0.2) is 4.98 Å². The van der Waals surface area contributed by atoms with Crippen LogP contribution in [0.15, 0.2) is 60.8 Å². The second-order valence-electron chi connectivity index (χ2n) is 10.2. The van der Waals surface area contributed by atoms with Gasteiger partial charge in [0.1, 0.15) is 5.69 Å². The SMILES string of the molecule is CC(C)(C)c1cc(NC2CCC(NC(=O)c3ccc4ncccc4n3)CC2)c2ccccc2n1. The molecule has 6 nitrogen and oxygen atoms in total. The van der Waals surface area contributed by atoms with Crippen LogP contribution in [0, 0.1) is 0 Å². The van der Waals surface area contributed by atoms with Crippen LogP contribution in [0.1, 0.15) is 62.6 Å². The molecule has 6 heteroatoms. The van der Waals surface area contributed by atoms with Crippen molar-refractivity contribution < 1.29 is 4.79 Å². The van der Waals surface area contributed by atoms with E-state index in [0.717, 1.165) is 59.0 Å². The highest BCUT2D eigenvalue weighted by molar-refractivity contribution is 5.94. The van der Waals surface area contributed by atoms with Crippen LogP contribution in [-0.4, -0.2) is 32.9 Å². The smallest absolute Gasteiger partial charge is 0.270 e. The first-order valence-corrected chi connectivity index (χ1v) is 12.1. The highest BCUT2D eigenvalue weighted by Crippen LogP contribution is 2.31. The fraction of sp³-hybridized carbons (Fsp3) is 0.357. The number of hydrogen-bond acceptors (Lipinski definition) is 5. The number of aromatic nitrogens is 3. The van der Waals surface area contributed by atoms with Gasteiger partial charge in [0, 0.05) is 40.5 Å². The maximum Gasteiger partial charge on any atom is 0.270 e. The van der Waals surface area contributed by atoms with Crippen molar-refractivity contribution in [2.45, 2.75) is 64.0 Å². The van der Waals surface area contributed by atoms with Crippen molar-refractivity contribution in [3.05, 3.63) is 72.2 Å². The normalized spacial score (nSPS) is 18.7. The summed E-state index contributed by atoms with van der Waals surface area (Å²) in [5.41, 5.74) is 5.22. The molecule has 0 spiro atoms. The lowest BCUT2D eigenvalue weighted by molar-refractivity contribution is 0.0922. The van der Waals surface area contributed by atoms with Gasteiger partial charge < -0.3 is 10.6 Å². The second kappa shape index (κ2) is 9.01. The Morgan fingerprint density at radius 2 is 1.59 bits per heavy atom. The molecule has 1 aliphatic carbocycles. The Bertz CT molecular complexity index is 1340. The number of fused-ring (bicyclic) bond motifs is 2. The molecular weight excluding hydrogens is 422 g/mol. The number of nitrogens with zero attached hydrogens (tertiary/aromatic N) is 3. The van der Waals surface area contributed by atoms with Crippen LogP contribution in [0.3, 0.4) is 0 Å². The van der Waals surface area contributed by atoms with Crippen LogP contribution in [0.4, 0.5) is 5.69 Å². The van der Waals surface area contributed by atoms with Gasteiger partial charge in [-0.05, 0) is 62.1 Å². The van der Waals surface area contributed by atoms with Crippen molar-refractivity contribution in [2.75, 3.05) is 5.32 Å². The molecule has 3 heterocycles. The zero-order valence-corrected chi connectivity index (χ0v) is 20.0. The number of rotatable bonds is 4. The quantitative estimate of drug-likeness (QED) is 0.419. The fourth-order valence-electron chi connectivity index (χ4n) is 4.62. The van der Waals surface area contributed by atoms with E-state index in [0.29, 0.717) is 11.7 Å². The Morgan fingerprint density at radius 3 is 2.38 bits per heavy atom. The zero-order chi connectivity index (χ0) is 23.7. The summed E-state index contributed by atoms with van der Waals surface area (Å²) in [4.78, 5) is 26.4. The highest BCUT2D eigenvalue weighted by Gasteiger charge is 2.25. The number of pyridine rings is 3. The number of para-hydroxylation sites is 1. The molecule has 0 atom stereocenters. The largest absolute Gasteiger partial charge is 0.382 e. The van der Waals surface area contributed by atoms with Crippen LogP contribution in [0.5, 0.6) is 0 Å². The summed E-state index contributed by atoms with van der Waals surface area (Å²) in [6, 6.07) is 18.4. The van der Waals surface area contributed by atoms with Crippen molar-refractivity contribution in [1.29, 1.82) is 0 Å². The van der Waals surface area contributed by atoms with E-state index in [1.807, 2.05) is 24.3 Å². The third kappa shape index (κ3) is 4.72. The number of carbonyl (C=O) groups excluding carboxylic acids is 1. The van der Waals surface area contributed by atoms with Crippen LogP contribution in [0.25, 0.3) is 21.9 Å². The average Bonchev–Trinajstić information content (AvgIpc) is 2.84. The predicted octanol–water partition coefficient (Wildman–Crippen LogP) is 5.63. The van der Waals surface area contributed by atoms with Crippen molar-refractivity contribution >= 4 is 33.5 Å². The lowest BCUT2D eigenvalue weighted by Gasteiger charge is -2.31. The van der Waals surface area contributed by atoms with Gasteiger partial charge in [-0.2, -0.15) is 0 Å². The Kier molecular flexibility index (Phi) is 5.90. The van der Waals surface area contributed by atoms with Crippen molar-refractivity contribution in [1.82, 2.24) is 20.3 Å². The number of nitrogens with one attached hydrogen (secondary N) is 2. The highest BCUT2D eigenvalue weighted by atomic mass is 16.1. The van der Waals surface area contributed by atoms with Crippen LogP contribution in [-0.2, 0) is 5.41 Å². The van der Waals surface area contributed by atoms with E-state index in [9.17, 15) is 4.79 Å². The van der Waals surface area contributed by atoms with Crippen LogP contribution in [0.2, 0.25) is 0 Å². The monoisotopic (exact) mass is 453 g/mol. The molecule has 0 radical (unpaired) electrons. The molecule has 1 aliphatic rings. The molecule has 1 amide bonds. The molecule has 2 N–H and O–H groups in total. The van der Waals surface area contributed by atoms with E-state index >= 15 is 0 Å². The number of amides is 1. The molecular formula is C28H31N5O. The lowest BCUT2D eigenvalue weighted by Crippen LogP contribution is -2.40. The van der Waals surface area contributed by atoms with Crippen LogP contribution < -0.4 is 10.6 Å². The third-order valence-electron chi connectivity index (χ3n) is 6.60. The van der Waals surface area contributed by atoms with Gasteiger partial charge in [0.15, 0.2) is 0 Å². The molecule has 1 fully saturated rings. The molecule has 34 heavy (non-hydrogen) atoms. The molecule has 0 saturated heterocycles. The maximum absolute atomic E-state index is 12.8. The summed E-state index contributed by atoms with van der Waals surface area (Å²) < 4.78 is 0. The summed E-state index contributed by atoms with van der Waals surface area (Å²) in [5.74, 6) is -0.114. The number of carbonyl (C=O) groups is 1.